The highest BCUT2D eigenvalue weighted by Gasteiger charge is 2.61. The van der Waals surface area contributed by atoms with Crippen LogP contribution in [0.25, 0.3) is 0 Å². The highest BCUT2D eigenvalue weighted by molar-refractivity contribution is 5.17. The van der Waals surface area contributed by atoms with Gasteiger partial charge in [-0.05, 0) is 5.56 Å². The van der Waals surface area contributed by atoms with E-state index in [0.717, 1.165) is 5.56 Å². The second-order valence-electron chi connectivity index (χ2n) is 5.56. The van der Waals surface area contributed by atoms with E-state index >= 15 is 0 Å². The summed E-state index contributed by atoms with van der Waals surface area (Å²) >= 11 is 0. The zero-order valence-electron chi connectivity index (χ0n) is 13.0. The molecule has 1 aliphatic rings. The molecule has 0 aromatic heterocycles. The first-order chi connectivity index (χ1) is 10.4. The van der Waals surface area contributed by atoms with E-state index in [1.54, 1.807) is 0 Å². The van der Waals surface area contributed by atoms with Gasteiger partial charge in [-0.25, -0.2) is 8.78 Å². The van der Waals surface area contributed by atoms with Gasteiger partial charge in [0.25, 0.3) is 5.92 Å². The first-order valence-electron chi connectivity index (χ1n) is 7.22. The van der Waals surface area contributed by atoms with Crippen molar-refractivity contribution in [2.24, 2.45) is 0 Å². The molecule has 1 unspecified atom stereocenters. The van der Waals surface area contributed by atoms with Gasteiger partial charge in [-0.1, -0.05) is 36.4 Å². The standard InChI is InChI=1S/C17H22F2O3/c1-4-15(22-12-14-8-6-5-7-9-14)13-16(18,19)10-11-17(15,20-2)21-3/h4-9H,1,10-13H2,2-3H3. The Balaban J connectivity index is 2.30. The van der Waals surface area contributed by atoms with Crippen molar-refractivity contribution >= 4 is 0 Å². The summed E-state index contributed by atoms with van der Waals surface area (Å²) in [6.45, 7) is 3.89. The molecule has 0 spiro atoms. The van der Waals surface area contributed by atoms with Crippen LogP contribution in [-0.4, -0.2) is 31.5 Å². The predicted molar refractivity (Wildman–Crippen MR) is 79.7 cm³/mol. The largest absolute Gasteiger partial charge is 0.360 e. The predicted octanol–water partition coefficient (Wildman–Crippen LogP) is 3.94. The molecule has 1 atom stereocenters. The van der Waals surface area contributed by atoms with E-state index in [2.05, 4.69) is 6.58 Å². The minimum absolute atomic E-state index is 0.0355. The molecule has 0 N–H and O–H groups in total. The number of ether oxygens (including phenoxy) is 3. The average molecular weight is 312 g/mol. The number of alkyl halides is 2. The molecule has 0 bridgehead atoms. The van der Waals surface area contributed by atoms with Crippen LogP contribution in [0.5, 0.6) is 0 Å². The van der Waals surface area contributed by atoms with E-state index in [4.69, 9.17) is 14.2 Å². The van der Waals surface area contributed by atoms with Crippen molar-refractivity contribution in [1.82, 2.24) is 0 Å². The first kappa shape index (κ1) is 17.1. The van der Waals surface area contributed by atoms with Gasteiger partial charge in [0.1, 0.15) is 5.60 Å². The Morgan fingerprint density at radius 1 is 1.14 bits per heavy atom. The summed E-state index contributed by atoms with van der Waals surface area (Å²) in [5.41, 5.74) is -0.521. The molecule has 122 valence electrons. The lowest BCUT2D eigenvalue weighted by molar-refractivity contribution is -0.337. The van der Waals surface area contributed by atoms with Gasteiger partial charge in [0.15, 0.2) is 0 Å². The van der Waals surface area contributed by atoms with Crippen molar-refractivity contribution in [1.29, 1.82) is 0 Å². The van der Waals surface area contributed by atoms with Crippen molar-refractivity contribution in [2.45, 2.75) is 43.2 Å². The summed E-state index contributed by atoms with van der Waals surface area (Å²) in [4.78, 5) is 0. The minimum atomic E-state index is -2.84. The van der Waals surface area contributed by atoms with Crippen LogP contribution in [0.3, 0.4) is 0 Å². The van der Waals surface area contributed by atoms with Crippen LogP contribution < -0.4 is 0 Å². The molecule has 3 nitrogen and oxygen atoms in total. The molecule has 22 heavy (non-hydrogen) atoms. The van der Waals surface area contributed by atoms with Gasteiger partial charge in [-0.2, -0.15) is 0 Å². The van der Waals surface area contributed by atoms with Gasteiger partial charge in [0, 0.05) is 33.5 Å². The molecular formula is C17H22F2O3. The maximum atomic E-state index is 14.0. The topological polar surface area (TPSA) is 27.7 Å². The first-order valence-corrected chi connectivity index (χ1v) is 7.22. The van der Waals surface area contributed by atoms with E-state index in [0.29, 0.717) is 0 Å². The van der Waals surface area contributed by atoms with Gasteiger partial charge < -0.3 is 14.2 Å². The van der Waals surface area contributed by atoms with Crippen molar-refractivity contribution in [3.63, 3.8) is 0 Å². The highest BCUT2D eigenvalue weighted by atomic mass is 19.3. The highest BCUT2D eigenvalue weighted by Crippen LogP contribution is 2.50. The second kappa shape index (κ2) is 6.44. The van der Waals surface area contributed by atoms with Crippen molar-refractivity contribution in [3.8, 4) is 0 Å². The van der Waals surface area contributed by atoms with E-state index in [1.165, 1.54) is 20.3 Å². The maximum Gasteiger partial charge on any atom is 0.251 e. The Kier molecular flexibility index (Phi) is 5.00. The van der Waals surface area contributed by atoms with Crippen LogP contribution in [0.1, 0.15) is 24.8 Å². The number of halogens is 2. The molecule has 0 radical (unpaired) electrons. The molecule has 5 heteroatoms. The fraction of sp³-hybridized carbons (Fsp3) is 0.529. The Morgan fingerprint density at radius 3 is 2.32 bits per heavy atom. The molecule has 2 rings (SSSR count). The van der Waals surface area contributed by atoms with Crippen LogP contribution in [-0.2, 0) is 20.8 Å². The monoisotopic (exact) mass is 312 g/mol. The third kappa shape index (κ3) is 3.07. The van der Waals surface area contributed by atoms with Gasteiger partial charge in [0.05, 0.1) is 6.61 Å². The van der Waals surface area contributed by atoms with Crippen molar-refractivity contribution < 1.29 is 23.0 Å². The van der Waals surface area contributed by atoms with E-state index in [-0.39, 0.29) is 19.4 Å². The third-order valence-corrected chi connectivity index (χ3v) is 4.31. The van der Waals surface area contributed by atoms with Gasteiger partial charge in [-0.3, -0.25) is 0 Å². The molecule has 0 amide bonds. The summed E-state index contributed by atoms with van der Waals surface area (Å²) in [5, 5.41) is 0. The zero-order chi connectivity index (χ0) is 16.3. The molecule has 1 saturated carbocycles. The molecule has 1 fully saturated rings. The lowest BCUT2D eigenvalue weighted by Gasteiger charge is -2.51. The lowest BCUT2D eigenvalue weighted by Crippen LogP contribution is -2.62. The molecule has 1 aliphatic carbocycles. The lowest BCUT2D eigenvalue weighted by atomic mass is 9.76. The molecule has 0 saturated heterocycles. The van der Waals surface area contributed by atoms with E-state index < -0.39 is 23.7 Å². The number of rotatable bonds is 6. The summed E-state index contributed by atoms with van der Waals surface area (Å²) in [6.07, 6.45) is 0.598. The third-order valence-electron chi connectivity index (χ3n) is 4.31. The fourth-order valence-corrected chi connectivity index (χ4v) is 3.03. The van der Waals surface area contributed by atoms with Crippen LogP contribution >= 0.6 is 0 Å². The molecule has 1 aromatic carbocycles. The Bertz CT molecular complexity index is 500. The van der Waals surface area contributed by atoms with Crippen molar-refractivity contribution in [3.05, 3.63) is 48.6 Å². The summed E-state index contributed by atoms with van der Waals surface area (Å²) in [6, 6.07) is 9.37. The maximum absolute atomic E-state index is 14.0. The van der Waals surface area contributed by atoms with Crippen LogP contribution in [0, 0.1) is 0 Å². The molecular weight excluding hydrogens is 290 g/mol. The normalized spacial score (nSPS) is 26.5. The molecule has 1 aromatic rings. The number of benzene rings is 1. The molecule has 0 heterocycles. The summed E-state index contributed by atoms with van der Waals surface area (Å²) < 4.78 is 44.8. The second-order valence-corrected chi connectivity index (χ2v) is 5.56. The number of methoxy groups -OCH3 is 2. The van der Waals surface area contributed by atoms with Crippen LogP contribution in [0.2, 0.25) is 0 Å². The van der Waals surface area contributed by atoms with E-state index in [1.807, 2.05) is 30.3 Å². The van der Waals surface area contributed by atoms with Gasteiger partial charge in [-0.15, -0.1) is 6.58 Å². The van der Waals surface area contributed by atoms with Gasteiger partial charge >= 0.3 is 0 Å². The average Bonchev–Trinajstić information content (AvgIpc) is 2.54. The molecule has 0 aliphatic heterocycles. The smallest absolute Gasteiger partial charge is 0.251 e. The summed E-state index contributed by atoms with van der Waals surface area (Å²) in [7, 11) is 2.88. The Hall–Kier alpha value is -1.30. The Labute approximate surface area is 129 Å². The Morgan fingerprint density at radius 2 is 1.77 bits per heavy atom. The van der Waals surface area contributed by atoms with Crippen LogP contribution in [0.4, 0.5) is 8.78 Å². The van der Waals surface area contributed by atoms with Crippen LogP contribution in [0.15, 0.2) is 43.0 Å². The number of hydrogen-bond acceptors (Lipinski definition) is 3. The quantitative estimate of drug-likeness (QED) is 0.588. The number of hydrogen-bond donors (Lipinski definition) is 0. The zero-order valence-corrected chi connectivity index (χ0v) is 13.0. The SMILES string of the molecule is C=CC1(OCc2ccccc2)CC(F)(F)CCC1(OC)OC. The van der Waals surface area contributed by atoms with E-state index in [9.17, 15) is 8.78 Å². The van der Waals surface area contributed by atoms with Crippen molar-refractivity contribution in [2.75, 3.05) is 14.2 Å². The van der Waals surface area contributed by atoms with Gasteiger partial charge in [0.2, 0.25) is 5.79 Å². The minimum Gasteiger partial charge on any atom is -0.360 e. The fourth-order valence-electron chi connectivity index (χ4n) is 3.03. The summed E-state index contributed by atoms with van der Waals surface area (Å²) in [5.74, 6) is -4.10.